The van der Waals surface area contributed by atoms with Crippen LogP contribution in [0.3, 0.4) is 0 Å². The molecule has 8 heteroatoms. The number of amides is 1. The second-order valence-electron chi connectivity index (χ2n) is 8.21. The smallest absolute Gasteiger partial charge is 0.250 e. The summed E-state index contributed by atoms with van der Waals surface area (Å²) in [4.78, 5) is 17.1. The number of carbonyl (C=O) groups excluding carboxylic acids is 1. The first-order valence-electron chi connectivity index (χ1n) is 11.3. The molecule has 0 bridgehead atoms. The van der Waals surface area contributed by atoms with E-state index in [-0.39, 0.29) is 23.9 Å². The van der Waals surface area contributed by atoms with Gasteiger partial charge in [-0.2, -0.15) is 4.98 Å². The van der Waals surface area contributed by atoms with E-state index in [0.29, 0.717) is 11.0 Å². The zero-order valence-electron chi connectivity index (χ0n) is 19.1. The third-order valence-electron chi connectivity index (χ3n) is 5.92. The summed E-state index contributed by atoms with van der Waals surface area (Å²) in [6.07, 6.45) is 3.94. The Hall–Kier alpha value is -4.10. The molecule has 2 N–H and O–H groups in total. The van der Waals surface area contributed by atoms with Gasteiger partial charge in [0.05, 0.1) is 19.2 Å². The number of ether oxygens (including phenoxy) is 1. The minimum atomic E-state index is -0.316. The van der Waals surface area contributed by atoms with E-state index in [9.17, 15) is 4.79 Å². The van der Waals surface area contributed by atoms with Gasteiger partial charge in [0.15, 0.2) is 0 Å². The number of methoxy groups -OCH3 is 1. The van der Waals surface area contributed by atoms with Gasteiger partial charge in [0.1, 0.15) is 5.75 Å². The lowest BCUT2D eigenvalue weighted by Crippen LogP contribution is -2.28. The maximum absolute atomic E-state index is 12.5. The number of nitrogens with one attached hydrogen (secondary N) is 2. The molecular formula is C27H24ClN5O2. The lowest BCUT2D eigenvalue weighted by atomic mass is 9.93. The van der Waals surface area contributed by atoms with Crippen LogP contribution < -0.4 is 15.4 Å². The number of nitrogens with zero attached hydrogens (tertiary/aromatic N) is 3. The third-order valence-corrected chi connectivity index (χ3v) is 6.18. The van der Waals surface area contributed by atoms with Crippen molar-refractivity contribution < 1.29 is 9.53 Å². The number of hydrogen-bond acceptors (Lipinski definition) is 5. The van der Waals surface area contributed by atoms with Crippen molar-refractivity contribution in [2.24, 2.45) is 0 Å². The number of halogens is 1. The summed E-state index contributed by atoms with van der Waals surface area (Å²) in [5.74, 6) is 1.32. The lowest BCUT2D eigenvalue weighted by molar-refractivity contribution is -0.111. The van der Waals surface area contributed by atoms with Crippen molar-refractivity contribution in [2.45, 2.75) is 18.5 Å². The van der Waals surface area contributed by atoms with E-state index in [4.69, 9.17) is 16.3 Å². The van der Waals surface area contributed by atoms with Crippen molar-refractivity contribution >= 4 is 35.5 Å². The highest BCUT2D eigenvalue weighted by atomic mass is 35.5. The zero-order valence-corrected chi connectivity index (χ0v) is 19.8. The summed E-state index contributed by atoms with van der Waals surface area (Å²) >= 11 is 5.92. The van der Waals surface area contributed by atoms with Crippen LogP contribution in [-0.4, -0.2) is 27.8 Å². The number of anilines is 2. The SMILES string of the molecule is COc1ccc(C2CC(c3ccccc3)Nc3nc(NC(=O)C=Cc4ccc(Cl)cc4)nn32)cc1. The summed E-state index contributed by atoms with van der Waals surface area (Å²) in [5.41, 5.74) is 3.12. The van der Waals surface area contributed by atoms with Crippen molar-refractivity contribution in [3.05, 3.63) is 107 Å². The van der Waals surface area contributed by atoms with Crippen molar-refractivity contribution in [1.29, 1.82) is 0 Å². The van der Waals surface area contributed by atoms with Gasteiger partial charge in [-0.05, 0) is 53.5 Å². The van der Waals surface area contributed by atoms with Gasteiger partial charge < -0.3 is 10.1 Å². The van der Waals surface area contributed by atoms with Crippen LogP contribution in [0.2, 0.25) is 5.02 Å². The van der Waals surface area contributed by atoms with E-state index in [2.05, 4.69) is 32.8 Å². The highest BCUT2D eigenvalue weighted by Gasteiger charge is 2.31. The van der Waals surface area contributed by atoms with Gasteiger partial charge in [0.2, 0.25) is 5.95 Å². The first-order valence-corrected chi connectivity index (χ1v) is 11.6. The van der Waals surface area contributed by atoms with Crippen LogP contribution in [0.1, 0.15) is 35.2 Å². The van der Waals surface area contributed by atoms with Crippen molar-refractivity contribution in [3.8, 4) is 5.75 Å². The molecule has 5 rings (SSSR count). The first kappa shape index (κ1) is 22.7. The summed E-state index contributed by atoms with van der Waals surface area (Å²) in [6, 6.07) is 25.4. The van der Waals surface area contributed by atoms with Crippen LogP contribution in [0, 0.1) is 0 Å². The molecule has 2 heterocycles. The fraction of sp³-hybridized carbons (Fsp3) is 0.148. The monoisotopic (exact) mass is 485 g/mol. The Morgan fingerprint density at radius 2 is 1.80 bits per heavy atom. The fourth-order valence-electron chi connectivity index (χ4n) is 4.14. The second kappa shape index (κ2) is 10.0. The van der Waals surface area contributed by atoms with Gasteiger partial charge in [-0.25, -0.2) is 4.68 Å². The fourth-order valence-corrected chi connectivity index (χ4v) is 4.26. The van der Waals surface area contributed by atoms with Gasteiger partial charge in [0.25, 0.3) is 11.9 Å². The van der Waals surface area contributed by atoms with Crippen LogP contribution in [0.25, 0.3) is 6.08 Å². The van der Waals surface area contributed by atoms with Gasteiger partial charge >= 0.3 is 0 Å². The predicted molar refractivity (Wildman–Crippen MR) is 138 cm³/mol. The standard InChI is InChI=1S/C27H24ClN5O2/c1-35-22-14-10-20(11-15-22)24-17-23(19-5-3-2-4-6-19)29-27-31-26(32-33(24)27)30-25(34)16-9-18-7-12-21(28)13-8-18/h2-16,23-24H,17H2,1H3,(H2,29,30,31,32,34). The Labute approximate surface area is 208 Å². The van der Waals surface area contributed by atoms with Crippen LogP contribution in [-0.2, 0) is 4.79 Å². The number of carbonyl (C=O) groups is 1. The molecule has 4 aromatic rings. The van der Waals surface area contributed by atoms with E-state index >= 15 is 0 Å². The molecule has 1 aliphatic heterocycles. The van der Waals surface area contributed by atoms with E-state index in [0.717, 1.165) is 28.9 Å². The number of benzene rings is 3. The Kier molecular flexibility index (Phi) is 6.50. The molecule has 2 atom stereocenters. The van der Waals surface area contributed by atoms with Crippen LogP contribution in [0.15, 0.2) is 84.9 Å². The van der Waals surface area contributed by atoms with Crippen LogP contribution in [0.5, 0.6) is 5.75 Å². The molecule has 0 saturated carbocycles. The van der Waals surface area contributed by atoms with Crippen LogP contribution in [0.4, 0.5) is 11.9 Å². The van der Waals surface area contributed by atoms with E-state index in [1.165, 1.54) is 6.08 Å². The van der Waals surface area contributed by atoms with Crippen molar-refractivity contribution in [3.63, 3.8) is 0 Å². The molecule has 0 spiro atoms. The van der Waals surface area contributed by atoms with Gasteiger partial charge in [-0.3, -0.25) is 10.1 Å². The molecular weight excluding hydrogens is 462 g/mol. The highest BCUT2D eigenvalue weighted by molar-refractivity contribution is 6.30. The number of aromatic nitrogens is 3. The Morgan fingerprint density at radius 3 is 2.51 bits per heavy atom. The molecule has 1 aliphatic rings. The Bertz CT molecular complexity index is 1330. The summed E-state index contributed by atoms with van der Waals surface area (Å²) in [7, 11) is 1.65. The van der Waals surface area contributed by atoms with E-state index in [1.807, 2.05) is 59.3 Å². The number of fused-ring (bicyclic) bond motifs is 1. The van der Waals surface area contributed by atoms with Gasteiger partial charge in [-0.1, -0.05) is 66.2 Å². The minimum absolute atomic E-state index is 0.0494. The molecule has 7 nitrogen and oxygen atoms in total. The summed E-state index contributed by atoms with van der Waals surface area (Å²) in [6.45, 7) is 0. The molecule has 0 saturated heterocycles. The molecule has 176 valence electrons. The third kappa shape index (κ3) is 5.20. The summed E-state index contributed by atoms with van der Waals surface area (Å²) in [5, 5.41) is 11.5. The number of hydrogen-bond donors (Lipinski definition) is 2. The molecule has 35 heavy (non-hydrogen) atoms. The van der Waals surface area contributed by atoms with Crippen molar-refractivity contribution in [2.75, 3.05) is 17.7 Å². The topological polar surface area (TPSA) is 81.1 Å². The van der Waals surface area contributed by atoms with Crippen LogP contribution >= 0.6 is 11.6 Å². The molecule has 0 fully saturated rings. The lowest BCUT2D eigenvalue weighted by Gasteiger charge is -2.31. The zero-order chi connectivity index (χ0) is 24.2. The Morgan fingerprint density at radius 1 is 1.06 bits per heavy atom. The average Bonchev–Trinajstić information content (AvgIpc) is 3.30. The Balaban J connectivity index is 1.40. The molecule has 3 aromatic carbocycles. The summed E-state index contributed by atoms with van der Waals surface area (Å²) < 4.78 is 7.15. The van der Waals surface area contributed by atoms with Crippen molar-refractivity contribution in [1.82, 2.24) is 14.8 Å². The first-order chi connectivity index (χ1) is 17.1. The quantitative estimate of drug-likeness (QED) is 0.340. The predicted octanol–water partition coefficient (Wildman–Crippen LogP) is 5.74. The molecule has 2 unspecified atom stereocenters. The van der Waals surface area contributed by atoms with Gasteiger partial charge in [0, 0.05) is 11.1 Å². The number of rotatable bonds is 6. The molecule has 1 aromatic heterocycles. The second-order valence-corrected chi connectivity index (χ2v) is 8.65. The van der Waals surface area contributed by atoms with E-state index in [1.54, 1.807) is 25.3 Å². The highest BCUT2D eigenvalue weighted by Crippen LogP contribution is 2.38. The molecule has 1 amide bonds. The normalized spacial score (nSPS) is 17.0. The van der Waals surface area contributed by atoms with E-state index < -0.39 is 0 Å². The largest absolute Gasteiger partial charge is 0.497 e. The molecule has 0 radical (unpaired) electrons. The molecule has 0 aliphatic carbocycles. The maximum atomic E-state index is 12.5. The van der Waals surface area contributed by atoms with Gasteiger partial charge in [-0.15, -0.1) is 5.10 Å². The average molecular weight is 486 g/mol. The minimum Gasteiger partial charge on any atom is -0.497 e. The maximum Gasteiger partial charge on any atom is 0.250 e.